The fourth-order valence-corrected chi connectivity index (χ4v) is 4.63. The Morgan fingerprint density at radius 2 is 1.14 bits per heavy atom. The second kappa shape index (κ2) is 29.3. The summed E-state index contributed by atoms with van der Waals surface area (Å²) in [7, 11) is -4.75. The minimum atomic E-state index is -4.75. The zero-order chi connectivity index (χ0) is 31.2. The fourth-order valence-electron chi connectivity index (χ4n) is 4.27. The van der Waals surface area contributed by atoms with Crippen molar-refractivity contribution in [1.82, 2.24) is 0 Å². The van der Waals surface area contributed by atoms with Crippen molar-refractivity contribution in [3.05, 3.63) is 36.5 Å². The second-order valence-electron chi connectivity index (χ2n) is 10.8. The molecule has 0 aromatic heterocycles. The lowest BCUT2D eigenvalue weighted by atomic mass is 10.1. The predicted molar refractivity (Wildman–Crippen MR) is 170 cm³/mol. The maximum atomic E-state index is 12.3. The molecule has 0 fully saturated rings. The van der Waals surface area contributed by atoms with Gasteiger partial charge in [0.1, 0.15) is 6.61 Å². The topological polar surface area (TPSA) is 119 Å². The van der Waals surface area contributed by atoms with E-state index in [4.69, 9.17) is 19.3 Å². The molecule has 0 spiro atoms. The lowest BCUT2D eigenvalue weighted by Crippen LogP contribution is -2.29. The van der Waals surface area contributed by atoms with Crippen LogP contribution < -0.4 is 0 Å². The van der Waals surface area contributed by atoms with Crippen LogP contribution in [0, 0.1) is 0 Å². The predicted octanol–water partition coefficient (Wildman–Crippen LogP) is 9.06. The highest BCUT2D eigenvalue weighted by Crippen LogP contribution is 2.35. The zero-order valence-corrected chi connectivity index (χ0v) is 27.3. The number of rotatable bonds is 29. The first-order valence-electron chi connectivity index (χ1n) is 16.3. The van der Waals surface area contributed by atoms with Crippen LogP contribution in [0.2, 0.25) is 0 Å². The standard InChI is InChI=1S/C33H59O8P/c1-3-5-7-9-11-13-15-16-18-20-22-24-26-28-33(35)41-31(30-40-42(36,37)38)29-39-32(34)27-25-23-21-19-17-14-12-10-8-6-4-2/h5,7,11,13,16,18,31H,3-4,6,8-10,12,14-15,17,19-30H2,1-2H3,(H2,36,37,38)/b7-5-,13-11-,18-16-. The molecule has 0 aliphatic carbocycles. The summed E-state index contributed by atoms with van der Waals surface area (Å²) in [6, 6.07) is 0. The summed E-state index contributed by atoms with van der Waals surface area (Å²) in [5, 5.41) is 0. The molecule has 0 heterocycles. The quantitative estimate of drug-likeness (QED) is 0.0371. The third-order valence-electron chi connectivity index (χ3n) is 6.67. The van der Waals surface area contributed by atoms with Gasteiger partial charge in [0, 0.05) is 12.8 Å². The number of carbonyl (C=O) groups excluding carboxylic acids is 2. The van der Waals surface area contributed by atoms with Gasteiger partial charge in [-0.15, -0.1) is 0 Å². The Kier molecular flexibility index (Phi) is 28.1. The normalized spacial score (nSPS) is 13.0. The highest BCUT2D eigenvalue weighted by atomic mass is 31.2. The summed E-state index contributed by atoms with van der Waals surface area (Å²) >= 11 is 0. The van der Waals surface area contributed by atoms with Crippen LogP contribution in [0.4, 0.5) is 0 Å². The maximum absolute atomic E-state index is 12.3. The average Bonchev–Trinajstić information content (AvgIpc) is 2.95. The van der Waals surface area contributed by atoms with Crippen LogP contribution in [-0.4, -0.2) is 41.0 Å². The third kappa shape index (κ3) is 31.2. The van der Waals surface area contributed by atoms with Gasteiger partial charge in [0.25, 0.3) is 0 Å². The zero-order valence-electron chi connectivity index (χ0n) is 26.4. The molecule has 8 nitrogen and oxygen atoms in total. The molecule has 244 valence electrons. The summed E-state index contributed by atoms with van der Waals surface area (Å²) in [4.78, 5) is 42.4. The maximum Gasteiger partial charge on any atom is 0.469 e. The van der Waals surface area contributed by atoms with Crippen molar-refractivity contribution in [3.63, 3.8) is 0 Å². The van der Waals surface area contributed by atoms with Crippen LogP contribution >= 0.6 is 7.82 Å². The Morgan fingerprint density at radius 3 is 1.71 bits per heavy atom. The van der Waals surface area contributed by atoms with Crippen molar-refractivity contribution in [1.29, 1.82) is 0 Å². The molecule has 0 aromatic carbocycles. The highest BCUT2D eigenvalue weighted by Gasteiger charge is 2.22. The second-order valence-corrected chi connectivity index (χ2v) is 12.0. The molecular weight excluding hydrogens is 555 g/mol. The Hall–Kier alpha value is -1.73. The van der Waals surface area contributed by atoms with E-state index in [9.17, 15) is 14.2 Å². The molecule has 0 amide bonds. The van der Waals surface area contributed by atoms with E-state index < -0.39 is 32.5 Å². The van der Waals surface area contributed by atoms with Gasteiger partial charge in [0.05, 0.1) is 6.61 Å². The van der Waals surface area contributed by atoms with Crippen molar-refractivity contribution >= 4 is 19.8 Å². The molecule has 42 heavy (non-hydrogen) atoms. The van der Waals surface area contributed by atoms with E-state index in [-0.39, 0.29) is 19.4 Å². The molecule has 0 saturated carbocycles. The molecule has 0 rings (SSSR count). The summed E-state index contributed by atoms with van der Waals surface area (Å²) in [5.41, 5.74) is 0. The number of allylic oxidation sites excluding steroid dienone is 6. The summed E-state index contributed by atoms with van der Waals surface area (Å²) in [5.74, 6) is -0.923. The molecule has 0 aliphatic heterocycles. The molecule has 9 heteroatoms. The van der Waals surface area contributed by atoms with E-state index in [2.05, 4.69) is 54.8 Å². The number of phosphoric ester groups is 1. The van der Waals surface area contributed by atoms with Crippen LogP contribution in [0.25, 0.3) is 0 Å². The van der Waals surface area contributed by atoms with Gasteiger partial charge in [-0.05, 0) is 44.9 Å². The number of hydrogen-bond acceptors (Lipinski definition) is 6. The largest absolute Gasteiger partial charge is 0.469 e. The molecule has 0 saturated heterocycles. The summed E-state index contributed by atoms with van der Waals surface area (Å²) in [6.45, 7) is 3.50. The minimum Gasteiger partial charge on any atom is -0.462 e. The molecule has 0 aromatic rings. The van der Waals surface area contributed by atoms with Crippen molar-refractivity contribution in [2.75, 3.05) is 13.2 Å². The van der Waals surface area contributed by atoms with Gasteiger partial charge in [-0.2, -0.15) is 0 Å². The van der Waals surface area contributed by atoms with E-state index in [0.29, 0.717) is 6.42 Å². The van der Waals surface area contributed by atoms with Gasteiger partial charge in [-0.25, -0.2) is 4.57 Å². The number of hydrogen-bond donors (Lipinski definition) is 2. The Labute approximate surface area is 255 Å². The molecule has 0 aliphatic rings. The van der Waals surface area contributed by atoms with E-state index in [0.717, 1.165) is 57.8 Å². The number of ether oxygens (including phenoxy) is 2. The Bertz CT molecular complexity index is 787. The van der Waals surface area contributed by atoms with E-state index in [1.807, 2.05) is 0 Å². The van der Waals surface area contributed by atoms with Crippen LogP contribution in [0.15, 0.2) is 36.5 Å². The van der Waals surface area contributed by atoms with Gasteiger partial charge in [0.2, 0.25) is 0 Å². The molecular formula is C33H59O8P. The van der Waals surface area contributed by atoms with Crippen molar-refractivity contribution in [2.45, 2.75) is 148 Å². The van der Waals surface area contributed by atoms with E-state index in [1.165, 1.54) is 51.4 Å². The van der Waals surface area contributed by atoms with Gasteiger partial charge >= 0.3 is 19.8 Å². The smallest absolute Gasteiger partial charge is 0.462 e. The van der Waals surface area contributed by atoms with E-state index >= 15 is 0 Å². The van der Waals surface area contributed by atoms with Crippen molar-refractivity contribution < 1.29 is 37.9 Å². The number of phosphoric acid groups is 1. The summed E-state index contributed by atoms with van der Waals surface area (Å²) in [6.07, 6.45) is 31.6. The van der Waals surface area contributed by atoms with E-state index in [1.54, 1.807) is 0 Å². The molecule has 2 N–H and O–H groups in total. The van der Waals surface area contributed by atoms with Crippen LogP contribution in [0.5, 0.6) is 0 Å². The fraction of sp³-hybridized carbons (Fsp3) is 0.758. The van der Waals surface area contributed by atoms with Crippen LogP contribution in [0.1, 0.15) is 142 Å². The number of esters is 2. The number of carbonyl (C=O) groups is 2. The molecule has 1 unspecified atom stereocenters. The third-order valence-corrected chi connectivity index (χ3v) is 7.16. The van der Waals surface area contributed by atoms with Gasteiger partial charge < -0.3 is 19.3 Å². The molecule has 0 bridgehead atoms. The lowest BCUT2D eigenvalue weighted by Gasteiger charge is -2.18. The van der Waals surface area contributed by atoms with Crippen LogP contribution in [-0.2, 0) is 28.2 Å². The van der Waals surface area contributed by atoms with Crippen LogP contribution in [0.3, 0.4) is 0 Å². The number of unbranched alkanes of at least 4 members (excludes halogenated alkanes) is 13. The first-order chi connectivity index (χ1) is 20.3. The first kappa shape index (κ1) is 40.3. The molecule has 0 radical (unpaired) electrons. The van der Waals surface area contributed by atoms with Gasteiger partial charge in [0.15, 0.2) is 6.10 Å². The van der Waals surface area contributed by atoms with Gasteiger partial charge in [-0.3, -0.25) is 14.1 Å². The van der Waals surface area contributed by atoms with Crippen molar-refractivity contribution in [3.8, 4) is 0 Å². The Morgan fingerprint density at radius 1 is 0.643 bits per heavy atom. The SMILES string of the molecule is CC/C=C\C/C=C\C/C=C\CCCCCC(=O)OC(COC(=O)CCCCCCCCCCCCC)COP(=O)(O)O. The minimum absolute atomic E-state index is 0.177. The van der Waals surface area contributed by atoms with Gasteiger partial charge in [-0.1, -0.05) is 121 Å². The monoisotopic (exact) mass is 614 g/mol. The highest BCUT2D eigenvalue weighted by molar-refractivity contribution is 7.46. The summed E-state index contributed by atoms with van der Waals surface area (Å²) < 4.78 is 26.1. The molecule has 1 atom stereocenters. The Balaban J connectivity index is 4.09. The first-order valence-corrected chi connectivity index (χ1v) is 17.8. The van der Waals surface area contributed by atoms with Crippen molar-refractivity contribution in [2.24, 2.45) is 0 Å². The lowest BCUT2D eigenvalue weighted by molar-refractivity contribution is -0.161. The average molecular weight is 615 g/mol.